The first-order chi connectivity index (χ1) is 16.0. The van der Waals surface area contributed by atoms with Crippen molar-refractivity contribution in [1.82, 2.24) is 24.8 Å². The van der Waals surface area contributed by atoms with Crippen LogP contribution in [0, 0.1) is 25.2 Å². The number of tetrazole rings is 1. The predicted octanol–water partition coefficient (Wildman–Crippen LogP) is 4.38. The Morgan fingerprint density at radius 3 is 2.58 bits per heavy atom. The standard InChI is InChI=1S/C23H20ClN7OS/c1-15-16(2)30(13-17-6-4-3-5-7-17)22(20(15)12-25)26-21(32)14-33-23-27-28-29-31(23)19-10-8-18(24)9-11-19/h3-11H,13-14H2,1-2H3,(H,26,32). The third-order valence-electron chi connectivity index (χ3n) is 5.23. The molecule has 2 heterocycles. The van der Waals surface area contributed by atoms with Crippen LogP contribution in [0.5, 0.6) is 0 Å². The van der Waals surface area contributed by atoms with Gasteiger partial charge in [0.25, 0.3) is 0 Å². The van der Waals surface area contributed by atoms with Crippen LogP contribution in [0.3, 0.4) is 0 Å². The van der Waals surface area contributed by atoms with E-state index < -0.39 is 0 Å². The largest absolute Gasteiger partial charge is 0.326 e. The lowest BCUT2D eigenvalue weighted by Crippen LogP contribution is -2.19. The third-order valence-corrected chi connectivity index (χ3v) is 6.40. The summed E-state index contributed by atoms with van der Waals surface area (Å²) in [7, 11) is 0. The fourth-order valence-electron chi connectivity index (χ4n) is 3.41. The smallest absolute Gasteiger partial charge is 0.235 e. The molecule has 0 fully saturated rings. The van der Waals surface area contributed by atoms with E-state index in [2.05, 4.69) is 26.9 Å². The zero-order chi connectivity index (χ0) is 23.4. The second kappa shape index (κ2) is 9.90. The molecule has 4 aromatic rings. The van der Waals surface area contributed by atoms with Gasteiger partial charge in [-0.05, 0) is 59.7 Å². The van der Waals surface area contributed by atoms with E-state index in [9.17, 15) is 10.1 Å². The lowest BCUT2D eigenvalue weighted by atomic mass is 10.2. The van der Waals surface area contributed by atoms with Gasteiger partial charge in [0, 0.05) is 17.3 Å². The molecule has 0 radical (unpaired) electrons. The highest BCUT2D eigenvalue weighted by atomic mass is 35.5. The summed E-state index contributed by atoms with van der Waals surface area (Å²) in [4.78, 5) is 12.8. The lowest BCUT2D eigenvalue weighted by molar-refractivity contribution is -0.113. The number of carbonyl (C=O) groups excluding carboxylic acids is 1. The van der Waals surface area contributed by atoms with E-state index in [0.29, 0.717) is 28.1 Å². The van der Waals surface area contributed by atoms with Crippen molar-refractivity contribution < 1.29 is 4.79 Å². The quantitative estimate of drug-likeness (QED) is 0.396. The number of nitriles is 1. The molecule has 1 N–H and O–H groups in total. The van der Waals surface area contributed by atoms with Crippen molar-refractivity contribution in [3.63, 3.8) is 0 Å². The van der Waals surface area contributed by atoms with Gasteiger partial charge in [-0.15, -0.1) is 5.10 Å². The molecule has 166 valence electrons. The summed E-state index contributed by atoms with van der Waals surface area (Å²) in [5.74, 6) is 0.321. The number of hydrogen-bond acceptors (Lipinski definition) is 6. The summed E-state index contributed by atoms with van der Waals surface area (Å²) in [6.45, 7) is 4.39. The number of carbonyl (C=O) groups is 1. The number of halogens is 1. The second-order valence-corrected chi connectivity index (χ2v) is 8.68. The number of benzene rings is 2. The average molecular weight is 478 g/mol. The molecular weight excluding hydrogens is 458 g/mol. The Morgan fingerprint density at radius 1 is 1.15 bits per heavy atom. The minimum atomic E-state index is -0.256. The first-order valence-corrected chi connectivity index (χ1v) is 11.4. The molecule has 0 saturated heterocycles. The monoisotopic (exact) mass is 477 g/mol. The first kappa shape index (κ1) is 22.6. The summed E-state index contributed by atoms with van der Waals surface area (Å²) >= 11 is 7.15. The molecule has 33 heavy (non-hydrogen) atoms. The van der Waals surface area contributed by atoms with Gasteiger partial charge in [0.2, 0.25) is 11.1 Å². The van der Waals surface area contributed by atoms with Crippen LogP contribution in [0.15, 0.2) is 59.8 Å². The van der Waals surface area contributed by atoms with Gasteiger partial charge in [-0.3, -0.25) is 4.79 Å². The Bertz CT molecular complexity index is 1320. The minimum absolute atomic E-state index is 0.0768. The van der Waals surface area contributed by atoms with Crippen LogP contribution in [0.1, 0.15) is 22.4 Å². The van der Waals surface area contributed by atoms with E-state index in [1.165, 1.54) is 11.8 Å². The number of nitrogens with one attached hydrogen (secondary N) is 1. The molecule has 2 aromatic heterocycles. The van der Waals surface area contributed by atoms with Crippen molar-refractivity contribution in [1.29, 1.82) is 5.26 Å². The summed E-state index contributed by atoms with van der Waals surface area (Å²) < 4.78 is 3.50. The Kier molecular flexibility index (Phi) is 6.77. The van der Waals surface area contributed by atoms with E-state index in [1.807, 2.05) is 48.7 Å². The molecule has 0 aliphatic rings. The van der Waals surface area contributed by atoms with E-state index in [4.69, 9.17) is 11.6 Å². The van der Waals surface area contributed by atoms with Crippen molar-refractivity contribution in [3.8, 4) is 11.8 Å². The summed E-state index contributed by atoms with van der Waals surface area (Å²) in [5.41, 5.74) is 4.06. The molecule has 4 rings (SSSR count). The molecule has 0 spiro atoms. The minimum Gasteiger partial charge on any atom is -0.326 e. The molecule has 0 unspecified atom stereocenters. The molecule has 0 saturated carbocycles. The van der Waals surface area contributed by atoms with Gasteiger partial charge in [-0.1, -0.05) is 53.7 Å². The van der Waals surface area contributed by atoms with E-state index >= 15 is 0 Å². The van der Waals surface area contributed by atoms with E-state index in [0.717, 1.165) is 22.5 Å². The number of aromatic nitrogens is 5. The third kappa shape index (κ3) is 4.92. The van der Waals surface area contributed by atoms with Crippen molar-refractivity contribution in [2.24, 2.45) is 0 Å². The van der Waals surface area contributed by atoms with Crippen molar-refractivity contribution >= 4 is 35.1 Å². The lowest BCUT2D eigenvalue weighted by Gasteiger charge is -2.13. The first-order valence-electron chi connectivity index (χ1n) is 10.1. The number of nitrogens with zero attached hydrogens (tertiary/aromatic N) is 6. The van der Waals surface area contributed by atoms with Gasteiger partial charge in [-0.2, -0.15) is 9.94 Å². The molecule has 0 atom stereocenters. The Morgan fingerprint density at radius 2 is 1.88 bits per heavy atom. The highest BCUT2D eigenvalue weighted by molar-refractivity contribution is 7.99. The van der Waals surface area contributed by atoms with Crippen molar-refractivity contribution in [2.45, 2.75) is 25.5 Å². The van der Waals surface area contributed by atoms with Gasteiger partial charge in [0.05, 0.1) is 17.0 Å². The van der Waals surface area contributed by atoms with Crippen LogP contribution in [0.2, 0.25) is 5.02 Å². The van der Waals surface area contributed by atoms with Crippen LogP contribution in [-0.2, 0) is 11.3 Å². The van der Waals surface area contributed by atoms with E-state index in [-0.39, 0.29) is 11.7 Å². The number of anilines is 1. The van der Waals surface area contributed by atoms with E-state index in [1.54, 1.807) is 28.9 Å². The molecule has 10 heteroatoms. The maximum atomic E-state index is 12.8. The summed E-state index contributed by atoms with van der Waals surface area (Å²) in [6.07, 6.45) is 0. The number of rotatable bonds is 7. The number of thioether (sulfide) groups is 1. The molecular formula is C23H20ClN7OS. The SMILES string of the molecule is Cc1c(C#N)c(NC(=O)CSc2nnnn2-c2ccc(Cl)cc2)n(Cc2ccccc2)c1C. The van der Waals surface area contributed by atoms with Crippen molar-refractivity contribution in [2.75, 3.05) is 11.1 Å². The molecule has 8 nitrogen and oxygen atoms in total. The molecule has 0 aliphatic heterocycles. The van der Waals surface area contributed by atoms with Crippen molar-refractivity contribution in [3.05, 3.63) is 82.0 Å². The molecule has 1 amide bonds. The zero-order valence-electron chi connectivity index (χ0n) is 18.0. The number of amides is 1. The highest BCUT2D eigenvalue weighted by Crippen LogP contribution is 2.28. The Hall–Kier alpha value is -3.61. The summed E-state index contributed by atoms with van der Waals surface area (Å²) in [6, 6.07) is 19.2. The normalized spacial score (nSPS) is 10.7. The Balaban J connectivity index is 1.52. The van der Waals surface area contributed by atoms with Crippen LogP contribution < -0.4 is 5.32 Å². The Labute approximate surface area is 200 Å². The van der Waals surface area contributed by atoms with Gasteiger partial charge >= 0.3 is 0 Å². The summed E-state index contributed by atoms with van der Waals surface area (Å²) in [5, 5.41) is 25.5. The van der Waals surface area contributed by atoms with Gasteiger partial charge < -0.3 is 9.88 Å². The molecule has 0 bridgehead atoms. The van der Waals surface area contributed by atoms with Gasteiger partial charge in [0.1, 0.15) is 11.9 Å². The topological polar surface area (TPSA) is 101 Å². The van der Waals surface area contributed by atoms with Gasteiger partial charge in [-0.25, -0.2) is 0 Å². The van der Waals surface area contributed by atoms with Crippen LogP contribution in [0.25, 0.3) is 5.69 Å². The fourth-order valence-corrected chi connectivity index (χ4v) is 4.22. The van der Waals surface area contributed by atoms with Crippen LogP contribution >= 0.6 is 23.4 Å². The van der Waals surface area contributed by atoms with Crippen LogP contribution in [-0.4, -0.2) is 36.4 Å². The average Bonchev–Trinajstić information content (AvgIpc) is 3.38. The zero-order valence-corrected chi connectivity index (χ0v) is 19.6. The highest BCUT2D eigenvalue weighted by Gasteiger charge is 2.20. The number of hydrogen-bond donors (Lipinski definition) is 1. The fraction of sp³-hybridized carbons (Fsp3) is 0.174. The van der Waals surface area contributed by atoms with Crippen LogP contribution in [0.4, 0.5) is 5.82 Å². The predicted molar refractivity (Wildman–Crippen MR) is 128 cm³/mol. The molecule has 2 aromatic carbocycles. The second-order valence-electron chi connectivity index (χ2n) is 7.30. The molecule has 0 aliphatic carbocycles. The van der Waals surface area contributed by atoms with Gasteiger partial charge in [0.15, 0.2) is 0 Å². The maximum absolute atomic E-state index is 12.8. The maximum Gasteiger partial charge on any atom is 0.235 e.